The number of hydrogen-bond acceptors (Lipinski definition) is 3. The van der Waals surface area contributed by atoms with Gasteiger partial charge in [-0.2, -0.15) is 0 Å². The first-order valence-electron chi connectivity index (χ1n) is 6.56. The van der Waals surface area contributed by atoms with Crippen LogP contribution in [0, 0.1) is 17.5 Å². The van der Waals surface area contributed by atoms with E-state index in [9.17, 15) is 26.4 Å². The third-order valence-electron chi connectivity index (χ3n) is 2.82. The fraction of sp³-hybridized carbons (Fsp3) is 0.462. The summed E-state index contributed by atoms with van der Waals surface area (Å²) in [5, 5.41) is 2.47. The Morgan fingerprint density at radius 3 is 2.41 bits per heavy atom. The molecule has 0 aliphatic carbocycles. The number of unbranched alkanes of at least 4 members (excludes halogenated alkanes) is 1. The zero-order valence-electron chi connectivity index (χ0n) is 12.2. The number of carbonyl (C=O) groups excluding carboxylic acids is 1. The Bertz CT molecular complexity index is 650. The molecule has 9 heteroatoms. The molecule has 22 heavy (non-hydrogen) atoms. The maximum absolute atomic E-state index is 13.7. The van der Waals surface area contributed by atoms with Crippen LogP contribution in [0.2, 0.25) is 0 Å². The molecule has 0 radical (unpaired) electrons. The molecule has 0 spiro atoms. The summed E-state index contributed by atoms with van der Waals surface area (Å²) < 4.78 is 63.7. The lowest BCUT2D eigenvalue weighted by Crippen LogP contribution is -2.41. The predicted molar refractivity (Wildman–Crippen MR) is 76.4 cm³/mol. The molecule has 1 aromatic rings. The first-order valence-corrected chi connectivity index (χ1v) is 8.41. The number of halogens is 3. The highest BCUT2D eigenvalue weighted by molar-refractivity contribution is 7.92. The van der Waals surface area contributed by atoms with Gasteiger partial charge in [0.25, 0.3) is 0 Å². The van der Waals surface area contributed by atoms with Gasteiger partial charge in [0.1, 0.15) is 6.54 Å². The molecule has 0 unspecified atom stereocenters. The molecule has 0 saturated carbocycles. The van der Waals surface area contributed by atoms with E-state index in [0.717, 1.165) is 18.7 Å². The van der Waals surface area contributed by atoms with Gasteiger partial charge in [0, 0.05) is 6.54 Å². The van der Waals surface area contributed by atoms with E-state index < -0.39 is 45.6 Å². The van der Waals surface area contributed by atoms with Crippen LogP contribution in [-0.4, -0.2) is 33.7 Å². The van der Waals surface area contributed by atoms with Crippen LogP contribution in [0.4, 0.5) is 18.9 Å². The standard InChI is InChI=1S/C13H17F3N2O3S/c1-3-4-7-17-11(19)8-18(22(2,20)21)10-6-5-9(14)12(15)13(10)16/h5-6H,3-4,7-8H2,1-2H3,(H,17,19). The first kappa shape index (κ1) is 18.3. The number of hydrogen-bond donors (Lipinski definition) is 1. The molecule has 1 N–H and O–H groups in total. The fourth-order valence-corrected chi connectivity index (χ4v) is 2.53. The smallest absolute Gasteiger partial charge is 0.240 e. The van der Waals surface area contributed by atoms with E-state index in [1.807, 2.05) is 6.92 Å². The monoisotopic (exact) mass is 338 g/mol. The van der Waals surface area contributed by atoms with E-state index in [-0.39, 0.29) is 0 Å². The van der Waals surface area contributed by atoms with E-state index in [1.165, 1.54) is 0 Å². The van der Waals surface area contributed by atoms with Crippen LogP contribution in [0.5, 0.6) is 0 Å². The minimum Gasteiger partial charge on any atom is -0.355 e. The predicted octanol–water partition coefficient (Wildman–Crippen LogP) is 1.79. The van der Waals surface area contributed by atoms with Gasteiger partial charge in [-0.25, -0.2) is 21.6 Å². The Morgan fingerprint density at radius 2 is 1.86 bits per heavy atom. The molecule has 0 aromatic heterocycles. The molecule has 1 rings (SSSR count). The van der Waals surface area contributed by atoms with Crippen molar-refractivity contribution in [1.29, 1.82) is 0 Å². The molecule has 0 fully saturated rings. The zero-order chi connectivity index (χ0) is 16.9. The van der Waals surface area contributed by atoms with Crippen LogP contribution in [0.15, 0.2) is 12.1 Å². The molecule has 124 valence electrons. The number of benzene rings is 1. The Morgan fingerprint density at radius 1 is 1.23 bits per heavy atom. The molecular formula is C13H17F3N2O3S. The lowest BCUT2D eigenvalue weighted by molar-refractivity contribution is -0.119. The van der Waals surface area contributed by atoms with Crippen LogP contribution in [-0.2, 0) is 14.8 Å². The highest BCUT2D eigenvalue weighted by Crippen LogP contribution is 2.25. The van der Waals surface area contributed by atoms with Crippen molar-refractivity contribution in [1.82, 2.24) is 5.32 Å². The number of nitrogens with zero attached hydrogens (tertiary/aromatic N) is 1. The Hall–Kier alpha value is -1.77. The van der Waals surface area contributed by atoms with Crippen LogP contribution < -0.4 is 9.62 Å². The average molecular weight is 338 g/mol. The molecule has 1 amide bonds. The van der Waals surface area contributed by atoms with Crippen LogP contribution >= 0.6 is 0 Å². The second-order valence-corrected chi connectivity index (χ2v) is 6.57. The zero-order valence-corrected chi connectivity index (χ0v) is 13.0. The average Bonchev–Trinajstić information content (AvgIpc) is 2.42. The Labute approximate surface area is 127 Å². The number of anilines is 1. The Kier molecular flexibility index (Phi) is 6.21. The van der Waals surface area contributed by atoms with Crippen molar-refractivity contribution in [3.05, 3.63) is 29.6 Å². The van der Waals surface area contributed by atoms with Crippen LogP contribution in [0.3, 0.4) is 0 Å². The van der Waals surface area contributed by atoms with Crippen molar-refractivity contribution >= 4 is 21.6 Å². The van der Waals surface area contributed by atoms with Gasteiger partial charge >= 0.3 is 0 Å². The summed E-state index contributed by atoms with van der Waals surface area (Å²) in [4.78, 5) is 11.7. The van der Waals surface area contributed by atoms with E-state index in [1.54, 1.807) is 0 Å². The minimum atomic E-state index is -4.05. The molecule has 5 nitrogen and oxygen atoms in total. The summed E-state index contributed by atoms with van der Waals surface area (Å²) >= 11 is 0. The maximum Gasteiger partial charge on any atom is 0.240 e. The van der Waals surface area contributed by atoms with Gasteiger partial charge in [-0.05, 0) is 18.6 Å². The largest absolute Gasteiger partial charge is 0.355 e. The van der Waals surface area contributed by atoms with Gasteiger partial charge in [-0.3, -0.25) is 9.10 Å². The van der Waals surface area contributed by atoms with Gasteiger partial charge in [-0.15, -0.1) is 0 Å². The second kappa shape index (κ2) is 7.48. The van der Waals surface area contributed by atoms with Crippen molar-refractivity contribution < 1.29 is 26.4 Å². The van der Waals surface area contributed by atoms with Crippen molar-refractivity contribution in [2.24, 2.45) is 0 Å². The normalized spacial score (nSPS) is 11.3. The van der Waals surface area contributed by atoms with Crippen LogP contribution in [0.1, 0.15) is 19.8 Å². The summed E-state index contributed by atoms with van der Waals surface area (Å²) in [6.07, 6.45) is 2.27. The lowest BCUT2D eigenvalue weighted by Gasteiger charge is -2.22. The summed E-state index contributed by atoms with van der Waals surface area (Å²) in [6, 6.07) is 1.37. The van der Waals surface area contributed by atoms with Gasteiger partial charge < -0.3 is 5.32 Å². The topological polar surface area (TPSA) is 66.5 Å². The summed E-state index contributed by atoms with van der Waals surface area (Å²) in [7, 11) is -4.05. The van der Waals surface area contributed by atoms with E-state index in [2.05, 4.69) is 5.32 Å². The fourth-order valence-electron chi connectivity index (χ4n) is 1.68. The minimum absolute atomic E-state index is 0.340. The molecule has 0 bridgehead atoms. The van der Waals surface area contributed by atoms with Crippen molar-refractivity contribution in [2.45, 2.75) is 19.8 Å². The molecule has 0 atom stereocenters. The number of carbonyl (C=O) groups is 1. The third-order valence-corrected chi connectivity index (χ3v) is 3.95. The van der Waals surface area contributed by atoms with Gasteiger partial charge in [-0.1, -0.05) is 13.3 Å². The quantitative estimate of drug-likeness (QED) is 0.609. The van der Waals surface area contributed by atoms with Crippen molar-refractivity contribution in [3.8, 4) is 0 Å². The lowest BCUT2D eigenvalue weighted by atomic mass is 10.2. The van der Waals surface area contributed by atoms with Gasteiger partial charge in [0.2, 0.25) is 15.9 Å². The molecule has 0 saturated heterocycles. The first-order chi connectivity index (χ1) is 10.2. The van der Waals surface area contributed by atoms with Crippen LogP contribution in [0.25, 0.3) is 0 Å². The van der Waals surface area contributed by atoms with Gasteiger partial charge in [0.15, 0.2) is 17.5 Å². The molecule has 0 heterocycles. The van der Waals surface area contributed by atoms with Crippen molar-refractivity contribution in [2.75, 3.05) is 23.7 Å². The highest BCUT2D eigenvalue weighted by atomic mass is 32.2. The number of sulfonamides is 1. The molecular weight excluding hydrogens is 321 g/mol. The summed E-state index contributed by atoms with van der Waals surface area (Å²) in [6.45, 7) is 1.53. The van der Waals surface area contributed by atoms with E-state index >= 15 is 0 Å². The number of amides is 1. The van der Waals surface area contributed by atoms with E-state index in [0.29, 0.717) is 23.3 Å². The second-order valence-electron chi connectivity index (χ2n) is 4.67. The molecule has 1 aromatic carbocycles. The summed E-state index contributed by atoms with van der Waals surface area (Å²) in [5.74, 6) is -5.56. The third kappa shape index (κ3) is 4.62. The maximum atomic E-state index is 13.7. The summed E-state index contributed by atoms with van der Waals surface area (Å²) in [5.41, 5.74) is -0.716. The number of rotatable bonds is 7. The molecule has 0 aliphatic heterocycles. The number of nitrogens with one attached hydrogen (secondary N) is 1. The Balaban J connectivity index is 3.06. The van der Waals surface area contributed by atoms with E-state index in [4.69, 9.17) is 0 Å². The SMILES string of the molecule is CCCCNC(=O)CN(c1ccc(F)c(F)c1F)S(C)(=O)=O. The molecule has 0 aliphatic rings. The van der Waals surface area contributed by atoms with Crippen molar-refractivity contribution in [3.63, 3.8) is 0 Å². The highest BCUT2D eigenvalue weighted by Gasteiger charge is 2.26. The van der Waals surface area contributed by atoms with Gasteiger partial charge in [0.05, 0.1) is 11.9 Å².